The van der Waals surface area contributed by atoms with Gasteiger partial charge in [-0.05, 0) is 38.0 Å². The molecule has 27 heavy (non-hydrogen) atoms. The summed E-state index contributed by atoms with van der Waals surface area (Å²) in [6.45, 7) is 2.10. The lowest BCUT2D eigenvalue weighted by molar-refractivity contribution is -0.137. The van der Waals surface area contributed by atoms with Crippen molar-refractivity contribution >= 4 is 11.8 Å². The predicted molar refractivity (Wildman–Crippen MR) is 106 cm³/mol. The number of Topliss-reactive ketones (excluding diaryl/α,β-unsaturated/α-hetero) is 1. The van der Waals surface area contributed by atoms with E-state index < -0.39 is 24.1 Å². The van der Waals surface area contributed by atoms with E-state index in [0.717, 1.165) is 19.3 Å². The molecule has 0 saturated heterocycles. The van der Waals surface area contributed by atoms with Gasteiger partial charge in [0.2, 0.25) is 0 Å². The highest BCUT2D eigenvalue weighted by atomic mass is 16.4. The monoisotopic (exact) mass is 376 g/mol. The average Bonchev–Trinajstić information content (AvgIpc) is 2.89. The summed E-state index contributed by atoms with van der Waals surface area (Å²) in [7, 11) is 0. The van der Waals surface area contributed by atoms with E-state index in [1.165, 1.54) is 0 Å². The van der Waals surface area contributed by atoms with Crippen LogP contribution in [-0.2, 0) is 9.59 Å². The first kappa shape index (κ1) is 23.1. The standard InChI is InChI=1S/C22H32O5/c1-2-3-4-5-6-7-8-9-10-11-17(23)12-13-18-19(14-15-22(26)27)21(25)16-20(18)24/h3-4,6-7,9-10,12-13,17-19,21,23,25H,2,5,8,11,14-16H2,1H3,(H,26,27)/b4-3-,7-6+,10-9-,13-12+/t17-,18+,19+,21-/m1/s1. The van der Waals surface area contributed by atoms with Crippen molar-refractivity contribution in [3.63, 3.8) is 0 Å². The molecule has 0 aromatic heterocycles. The van der Waals surface area contributed by atoms with Crippen molar-refractivity contribution in [1.82, 2.24) is 0 Å². The van der Waals surface area contributed by atoms with Gasteiger partial charge in [-0.3, -0.25) is 9.59 Å². The van der Waals surface area contributed by atoms with Crippen molar-refractivity contribution in [3.8, 4) is 0 Å². The molecule has 1 aliphatic rings. The number of hydrogen-bond donors (Lipinski definition) is 3. The maximum absolute atomic E-state index is 12.0. The Morgan fingerprint density at radius 1 is 1.15 bits per heavy atom. The molecule has 0 aromatic carbocycles. The van der Waals surface area contributed by atoms with Crippen LogP contribution in [0.15, 0.2) is 48.6 Å². The molecule has 0 bridgehead atoms. The number of allylic oxidation sites excluding steroid dienone is 6. The molecule has 1 rings (SSSR count). The van der Waals surface area contributed by atoms with E-state index in [-0.39, 0.29) is 31.0 Å². The van der Waals surface area contributed by atoms with E-state index in [1.807, 2.05) is 12.2 Å². The van der Waals surface area contributed by atoms with Crippen molar-refractivity contribution in [2.24, 2.45) is 11.8 Å². The van der Waals surface area contributed by atoms with Crippen LogP contribution in [0.25, 0.3) is 0 Å². The molecule has 5 heteroatoms. The number of ketones is 1. The van der Waals surface area contributed by atoms with Gasteiger partial charge >= 0.3 is 5.97 Å². The fourth-order valence-corrected chi connectivity index (χ4v) is 3.15. The molecule has 5 nitrogen and oxygen atoms in total. The highest BCUT2D eigenvalue weighted by Crippen LogP contribution is 2.34. The molecule has 4 atom stereocenters. The Morgan fingerprint density at radius 2 is 1.78 bits per heavy atom. The van der Waals surface area contributed by atoms with Gasteiger partial charge in [-0.25, -0.2) is 0 Å². The predicted octanol–water partition coefficient (Wildman–Crippen LogP) is 3.58. The Balaban J connectivity index is 2.40. The molecule has 1 aliphatic carbocycles. The van der Waals surface area contributed by atoms with Gasteiger partial charge in [0.15, 0.2) is 0 Å². The Bertz CT molecular complexity index is 573. The van der Waals surface area contributed by atoms with Crippen LogP contribution >= 0.6 is 0 Å². The topological polar surface area (TPSA) is 94.8 Å². The minimum Gasteiger partial charge on any atom is -0.481 e. The molecule has 0 heterocycles. The minimum absolute atomic E-state index is 0.0507. The van der Waals surface area contributed by atoms with E-state index in [4.69, 9.17) is 5.11 Å². The summed E-state index contributed by atoms with van der Waals surface area (Å²) in [5.74, 6) is -1.94. The number of hydrogen-bond acceptors (Lipinski definition) is 4. The van der Waals surface area contributed by atoms with E-state index in [0.29, 0.717) is 6.42 Å². The Hall–Kier alpha value is -1.98. The van der Waals surface area contributed by atoms with Gasteiger partial charge in [0, 0.05) is 18.8 Å². The van der Waals surface area contributed by atoms with Crippen LogP contribution in [0.1, 0.15) is 51.9 Å². The maximum Gasteiger partial charge on any atom is 0.303 e. The maximum atomic E-state index is 12.0. The highest BCUT2D eigenvalue weighted by Gasteiger charge is 2.39. The second kappa shape index (κ2) is 13.2. The van der Waals surface area contributed by atoms with E-state index in [2.05, 4.69) is 31.2 Å². The summed E-state index contributed by atoms with van der Waals surface area (Å²) in [5, 5.41) is 28.8. The van der Waals surface area contributed by atoms with Crippen LogP contribution in [0.5, 0.6) is 0 Å². The number of aliphatic hydroxyl groups is 2. The van der Waals surface area contributed by atoms with Crippen LogP contribution in [0.2, 0.25) is 0 Å². The second-order valence-corrected chi connectivity index (χ2v) is 6.84. The van der Waals surface area contributed by atoms with Gasteiger partial charge in [-0.15, -0.1) is 0 Å². The molecule has 0 aromatic rings. The Kier molecular flexibility index (Phi) is 11.3. The lowest BCUT2D eigenvalue weighted by atomic mass is 9.89. The third-order valence-corrected chi connectivity index (χ3v) is 4.63. The second-order valence-electron chi connectivity index (χ2n) is 6.84. The normalized spacial score (nSPS) is 24.9. The minimum atomic E-state index is -0.940. The van der Waals surface area contributed by atoms with Crippen molar-refractivity contribution in [1.29, 1.82) is 0 Å². The van der Waals surface area contributed by atoms with Crippen molar-refractivity contribution in [2.75, 3.05) is 0 Å². The van der Waals surface area contributed by atoms with Crippen LogP contribution in [0.3, 0.4) is 0 Å². The van der Waals surface area contributed by atoms with Crippen LogP contribution in [0, 0.1) is 11.8 Å². The van der Waals surface area contributed by atoms with Crippen molar-refractivity contribution < 1.29 is 24.9 Å². The van der Waals surface area contributed by atoms with Gasteiger partial charge in [0.1, 0.15) is 5.78 Å². The molecule has 0 unspecified atom stereocenters. The largest absolute Gasteiger partial charge is 0.481 e. The van der Waals surface area contributed by atoms with E-state index in [9.17, 15) is 19.8 Å². The van der Waals surface area contributed by atoms with E-state index >= 15 is 0 Å². The van der Waals surface area contributed by atoms with Crippen molar-refractivity contribution in [3.05, 3.63) is 48.6 Å². The van der Waals surface area contributed by atoms with Gasteiger partial charge < -0.3 is 15.3 Å². The third-order valence-electron chi connectivity index (χ3n) is 4.63. The number of carbonyl (C=O) groups excluding carboxylic acids is 1. The number of aliphatic hydroxyl groups excluding tert-OH is 2. The molecule has 0 amide bonds. The molecule has 150 valence electrons. The highest BCUT2D eigenvalue weighted by molar-refractivity contribution is 5.86. The Morgan fingerprint density at radius 3 is 2.41 bits per heavy atom. The van der Waals surface area contributed by atoms with Crippen LogP contribution < -0.4 is 0 Å². The zero-order chi connectivity index (χ0) is 20.1. The summed E-state index contributed by atoms with van der Waals surface area (Å²) < 4.78 is 0. The summed E-state index contributed by atoms with van der Waals surface area (Å²) in [6.07, 6.45) is 17.5. The SMILES string of the molecule is CC/C=C\C/C=C/C/C=C\C[C@@H](O)/C=C/[C@@H]1C(=O)C[C@@H](O)[C@H]1CCC(=O)O. The number of carboxylic acids is 1. The zero-order valence-corrected chi connectivity index (χ0v) is 16.0. The fourth-order valence-electron chi connectivity index (χ4n) is 3.15. The van der Waals surface area contributed by atoms with Crippen molar-refractivity contribution in [2.45, 2.75) is 64.1 Å². The first-order chi connectivity index (χ1) is 13.0. The Labute approximate surface area is 161 Å². The molecular formula is C22H32O5. The first-order valence-electron chi connectivity index (χ1n) is 9.69. The van der Waals surface area contributed by atoms with Gasteiger partial charge in [-0.2, -0.15) is 0 Å². The molecule has 0 spiro atoms. The number of carbonyl (C=O) groups is 2. The summed E-state index contributed by atoms with van der Waals surface area (Å²) in [5.41, 5.74) is 0. The molecule has 1 saturated carbocycles. The average molecular weight is 376 g/mol. The number of carboxylic acid groups (broad SMARTS) is 1. The summed E-state index contributed by atoms with van der Waals surface area (Å²) in [4.78, 5) is 22.7. The number of rotatable bonds is 12. The first-order valence-corrected chi connectivity index (χ1v) is 9.69. The molecule has 1 fully saturated rings. The summed E-state index contributed by atoms with van der Waals surface area (Å²) in [6, 6.07) is 0. The van der Waals surface area contributed by atoms with Gasteiger partial charge in [-0.1, -0.05) is 55.5 Å². The molecule has 3 N–H and O–H groups in total. The molecular weight excluding hydrogens is 344 g/mol. The molecule has 0 radical (unpaired) electrons. The summed E-state index contributed by atoms with van der Waals surface area (Å²) >= 11 is 0. The number of aliphatic carboxylic acids is 1. The van der Waals surface area contributed by atoms with Gasteiger partial charge in [0.05, 0.1) is 12.2 Å². The smallest absolute Gasteiger partial charge is 0.303 e. The van der Waals surface area contributed by atoms with Crippen LogP contribution in [0.4, 0.5) is 0 Å². The lowest BCUT2D eigenvalue weighted by Crippen LogP contribution is -2.20. The van der Waals surface area contributed by atoms with E-state index in [1.54, 1.807) is 12.2 Å². The quantitative estimate of drug-likeness (QED) is 0.453. The lowest BCUT2D eigenvalue weighted by Gasteiger charge is -2.17. The fraction of sp³-hybridized carbons (Fsp3) is 0.545. The van der Waals surface area contributed by atoms with Crippen LogP contribution in [-0.4, -0.2) is 39.3 Å². The zero-order valence-electron chi connectivity index (χ0n) is 16.0. The molecule has 0 aliphatic heterocycles. The third kappa shape index (κ3) is 9.50. The van der Waals surface area contributed by atoms with Gasteiger partial charge in [0.25, 0.3) is 0 Å².